The van der Waals surface area contributed by atoms with Crippen LogP contribution in [-0.2, 0) is 24.1 Å². The molecule has 2 aromatic carbocycles. The van der Waals surface area contributed by atoms with Crippen LogP contribution >= 0.6 is 0 Å². The van der Waals surface area contributed by atoms with E-state index in [2.05, 4.69) is 22.4 Å². The molecular formula is C23H23N3O2. The summed E-state index contributed by atoms with van der Waals surface area (Å²) in [6.45, 7) is 1.40. The minimum absolute atomic E-state index is 0.0343. The van der Waals surface area contributed by atoms with Gasteiger partial charge in [-0.2, -0.15) is 0 Å². The molecule has 0 atom stereocenters. The van der Waals surface area contributed by atoms with Crippen molar-refractivity contribution < 1.29 is 9.59 Å². The fourth-order valence-corrected chi connectivity index (χ4v) is 4.54. The SMILES string of the molecule is O=C(NCCc1c[nH]c2ccccc12)c1cc2c3c(c1)CCC(=O)N3CCC2. The third-order valence-corrected chi connectivity index (χ3v) is 5.89. The molecule has 5 heteroatoms. The number of aryl methyl sites for hydroxylation is 2. The molecule has 5 nitrogen and oxygen atoms in total. The van der Waals surface area contributed by atoms with E-state index in [1.165, 1.54) is 10.9 Å². The van der Waals surface area contributed by atoms with Crippen LogP contribution in [-0.4, -0.2) is 29.9 Å². The summed E-state index contributed by atoms with van der Waals surface area (Å²) in [6, 6.07) is 12.2. The number of aromatic amines is 1. The lowest BCUT2D eigenvalue weighted by Crippen LogP contribution is -2.39. The highest BCUT2D eigenvalue weighted by Crippen LogP contribution is 2.36. The number of H-pyrrole nitrogens is 1. The number of benzene rings is 2. The summed E-state index contributed by atoms with van der Waals surface area (Å²) in [5.41, 5.74) is 6.39. The lowest BCUT2D eigenvalue weighted by molar-refractivity contribution is -0.119. The van der Waals surface area contributed by atoms with Crippen LogP contribution in [0, 0.1) is 0 Å². The topological polar surface area (TPSA) is 65.2 Å². The second-order valence-electron chi connectivity index (χ2n) is 7.66. The molecule has 0 saturated carbocycles. The van der Waals surface area contributed by atoms with Gasteiger partial charge in [0.05, 0.1) is 5.69 Å². The molecular weight excluding hydrogens is 350 g/mol. The third-order valence-electron chi connectivity index (χ3n) is 5.89. The summed E-state index contributed by atoms with van der Waals surface area (Å²) in [5.74, 6) is 0.178. The molecule has 0 saturated heterocycles. The summed E-state index contributed by atoms with van der Waals surface area (Å²) in [4.78, 5) is 30.1. The zero-order valence-corrected chi connectivity index (χ0v) is 15.8. The summed E-state index contributed by atoms with van der Waals surface area (Å²) in [7, 11) is 0. The average molecular weight is 373 g/mol. The molecule has 2 N–H and O–H groups in total. The Labute approximate surface area is 163 Å². The van der Waals surface area contributed by atoms with Gasteiger partial charge in [-0.25, -0.2) is 0 Å². The number of carbonyl (C=O) groups excluding carboxylic acids is 2. The third kappa shape index (κ3) is 2.87. The van der Waals surface area contributed by atoms with Gasteiger partial charge in [0.15, 0.2) is 0 Å². The lowest BCUT2D eigenvalue weighted by Gasteiger charge is -2.35. The predicted molar refractivity (Wildman–Crippen MR) is 110 cm³/mol. The maximum Gasteiger partial charge on any atom is 0.251 e. The van der Waals surface area contributed by atoms with Crippen LogP contribution in [0.25, 0.3) is 10.9 Å². The van der Waals surface area contributed by atoms with Crippen molar-refractivity contribution in [2.75, 3.05) is 18.0 Å². The van der Waals surface area contributed by atoms with E-state index in [1.807, 2.05) is 35.4 Å². The second-order valence-corrected chi connectivity index (χ2v) is 7.66. The molecule has 2 aliphatic rings. The monoisotopic (exact) mass is 373 g/mol. The van der Waals surface area contributed by atoms with Crippen molar-refractivity contribution in [2.45, 2.75) is 32.1 Å². The number of anilines is 1. The summed E-state index contributed by atoms with van der Waals surface area (Å²) in [6.07, 6.45) is 5.97. The van der Waals surface area contributed by atoms with Crippen LogP contribution in [0.4, 0.5) is 5.69 Å². The molecule has 2 aliphatic heterocycles. The van der Waals surface area contributed by atoms with Crippen LogP contribution in [0.2, 0.25) is 0 Å². The number of aromatic nitrogens is 1. The van der Waals surface area contributed by atoms with Crippen molar-refractivity contribution in [2.24, 2.45) is 0 Å². The van der Waals surface area contributed by atoms with E-state index < -0.39 is 0 Å². The Bertz CT molecular complexity index is 1070. The Morgan fingerprint density at radius 1 is 1.11 bits per heavy atom. The molecule has 0 spiro atoms. The Hall–Kier alpha value is -3.08. The number of carbonyl (C=O) groups is 2. The fraction of sp³-hybridized carbons (Fsp3) is 0.304. The van der Waals surface area contributed by atoms with Crippen molar-refractivity contribution >= 4 is 28.4 Å². The van der Waals surface area contributed by atoms with Gasteiger partial charge in [0.25, 0.3) is 5.91 Å². The quantitative estimate of drug-likeness (QED) is 0.736. The van der Waals surface area contributed by atoms with Crippen molar-refractivity contribution in [1.82, 2.24) is 10.3 Å². The number of nitrogens with one attached hydrogen (secondary N) is 2. The fourth-order valence-electron chi connectivity index (χ4n) is 4.54. The largest absolute Gasteiger partial charge is 0.361 e. The van der Waals surface area contributed by atoms with E-state index in [0.717, 1.165) is 54.6 Å². The summed E-state index contributed by atoms with van der Waals surface area (Å²) >= 11 is 0. The standard InChI is InChI=1S/C23H23N3O2/c27-21-8-7-16-13-18(12-15-4-3-11-26(21)22(15)16)23(28)24-10-9-17-14-25-20-6-2-1-5-19(17)20/h1-2,5-6,12-14,25H,3-4,7-11H2,(H,24,28). The Balaban J connectivity index is 1.31. The highest BCUT2D eigenvalue weighted by atomic mass is 16.2. The van der Waals surface area contributed by atoms with Crippen molar-refractivity contribution in [3.8, 4) is 0 Å². The molecule has 2 amide bonds. The average Bonchev–Trinajstić information content (AvgIpc) is 3.13. The summed E-state index contributed by atoms with van der Waals surface area (Å²) < 4.78 is 0. The maximum absolute atomic E-state index is 12.8. The molecule has 1 aromatic heterocycles. The number of nitrogens with zero attached hydrogens (tertiary/aromatic N) is 1. The number of fused-ring (bicyclic) bond motifs is 1. The Kier molecular flexibility index (Phi) is 4.15. The molecule has 0 unspecified atom stereocenters. The van der Waals surface area contributed by atoms with E-state index in [1.54, 1.807) is 0 Å². The van der Waals surface area contributed by atoms with Crippen LogP contribution < -0.4 is 10.2 Å². The van der Waals surface area contributed by atoms with Crippen molar-refractivity contribution in [1.29, 1.82) is 0 Å². The molecule has 0 aliphatic carbocycles. The van der Waals surface area contributed by atoms with E-state index in [4.69, 9.17) is 0 Å². The van der Waals surface area contributed by atoms with Gasteiger partial charge in [-0.1, -0.05) is 18.2 Å². The Morgan fingerprint density at radius 2 is 1.93 bits per heavy atom. The molecule has 28 heavy (non-hydrogen) atoms. The normalized spacial score (nSPS) is 15.6. The molecule has 142 valence electrons. The van der Waals surface area contributed by atoms with E-state index in [0.29, 0.717) is 18.5 Å². The molecule has 0 radical (unpaired) electrons. The number of hydrogen-bond donors (Lipinski definition) is 2. The summed E-state index contributed by atoms with van der Waals surface area (Å²) in [5, 5.41) is 4.27. The van der Waals surface area contributed by atoms with Gasteiger partial charge in [-0.15, -0.1) is 0 Å². The zero-order chi connectivity index (χ0) is 19.1. The zero-order valence-electron chi connectivity index (χ0n) is 15.8. The first-order valence-electron chi connectivity index (χ1n) is 10.00. The van der Waals surface area contributed by atoms with Gasteiger partial charge in [-0.05, 0) is 60.6 Å². The predicted octanol–water partition coefficient (Wildman–Crippen LogP) is 3.37. The molecule has 5 rings (SSSR count). The van der Waals surface area contributed by atoms with E-state index >= 15 is 0 Å². The van der Waals surface area contributed by atoms with E-state index in [9.17, 15) is 9.59 Å². The van der Waals surface area contributed by atoms with Crippen molar-refractivity contribution in [3.63, 3.8) is 0 Å². The molecule has 3 aromatic rings. The van der Waals surface area contributed by atoms with Crippen LogP contribution in [0.5, 0.6) is 0 Å². The second kappa shape index (κ2) is 6.82. The maximum atomic E-state index is 12.8. The van der Waals surface area contributed by atoms with E-state index in [-0.39, 0.29) is 11.8 Å². The van der Waals surface area contributed by atoms with Gasteiger partial charge in [0.1, 0.15) is 0 Å². The highest BCUT2D eigenvalue weighted by Gasteiger charge is 2.30. The van der Waals surface area contributed by atoms with Gasteiger partial charge in [0.2, 0.25) is 5.91 Å². The van der Waals surface area contributed by atoms with Crippen LogP contribution in [0.3, 0.4) is 0 Å². The minimum Gasteiger partial charge on any atom is -0.361 e. The number of hydrogen-bond acceptors (Lipinski definition) is 2. The number of amides is 2. The van der Waals surface area contributed by atoms with Crippen LogP contribution in [0.1, 0.15) is 39.9 Å². The van der Waals surface area contributed by atoms with Gasteiger partial charge < -0.3 is 15.2 Å². The lowest BCUT2D eigenvalue weighted by atomic mass is 9.89. The first kappa shape index (κ1) is 17.0. The number of rotatable bonds is 4. The van der Waals surface area contributed by atoms with Gasteiger partial charge in [-0.3, -0.25) is 9.59 Å². The van der Waals surface area contributed by atoms with Gasteiger partial charge in [0, 0.05) is 42.2 Å². The number of para-hydroxylation sites is 1. The molecule has 0 bridgehead atoms. The first-order chi connectivity index (χ1) is 13.7. The van der Waals surface area contributed by atoms with Gasteiger partial charge >= 0.3 is 0 Å². The minimum atomic E-state index is -0.0343. The highest BCUT2D eigenvalue weighted by molar-refractivity contribution is 6.00. The molecule has 0 fully saturated rings. The van der Waals surface area contributed by atoms with Crippen LogP contribution in [0.15, 0.2) is 42.6 Å². The van der Waals surface area contributed by atoms with Crippen molar-refractivity contribution in [3.05, 3.63) is 64.8 Å². The Morgan fingerprint density at radius 3 is 2.82 bits per heavy atom. The molecule has 3 heterocycles. The smallest absolute Gasteiger partial charge is 0.251 e. The first-order valence-corrected chi connectivity index (χ1v) is 10.00.